The van der Waals surface area contributed by atoms with Gasteiger partial charge < -0.3 is 4.65 Å². The van der Waals surface area contributed by atoms with Gasteiger partial charge in [-0.3, -0.25) is 4.79 Å². The van der Waals surface area contributed by atoms with E-state index in [9.17, 15) is 26.4 Å². The molecule has 1 atom stereocenters. The second kappa shape index (κ2) is 5.10. The molecule has 1 aliphatic rings. The van der Waals surface area contributed by atoms with Crippen molar-refractivity contribution in [3.8, 4) is 0 Å². The first kappa shape index (κ1) is 14.9. The number of benzene rings is 1. The zero-order valence-electron chi connectivity index (χ0n) is 9.87. The summed E-state index contributed by atoms with van der Waals surface area (Å²) >= 11 is 0. The van der Waals surface area contributed by atoms with Gasteiger partial charge in [0.25, 0.3) is 0 Å². The smallest absolute Gasteiger partial charge is 0.510 e. The zero-order valence-corrected chi connectivity index (χ0v) is 10.7. The van der Waals surface area contributed by atoms with Crippen LogP contribution in [0.5, 0.6) is 0 Å². The summed E-state index contributed by atoms with van der Waals surface area (Å²) in [4.78, 5) is 11.4. The normalized spacial score (nSPS) is 20.6. The van der Waals surface area contributed by atoms with E-state index in [1.165, 1.54) is 0 Å². The first-order valence-electron chi connectivity index (χ1n) is 5.41. The van der Waals surface area contributed by atoms with Crippen LogP contribution in [0.2, 0.25) is 0 Å². The molecule has 0 amide bonds. The highest BCUT2D eigenvalue weighted by Gasteiger charge is 2.56. The fourth-order valence-corrected chi connectivity index (χ4v) is 2.61. The molecule has 1 aromatic carbocycles. The van der Waals surface area contributed by atoms with Crippen molar-refractivity contribution in [3.63, 3.8) is 0 Å². The Morgan fingerprint density at radius 1 is 1.25 bits per heavy atom. The Balaban J connectivity index is 2.28. The molecule has 0 bridgehead atoms. The summed E-state index contributed by atoms with van der Waals surface area (Å²) in [6.45, 7) is 0. The van der Waals surface area contributed by atoms with Crippen molar-refractivity contribution in [1.29, 1.82) is 0 Å². The van der Waals surface area contributed by atoms with E-state index in [1.54, 1.807) is 30.3 Å². The molecular formula is C10H8BF3NO4S. The summed E-state index contributed by atoms with van der Waals surface area (Å²) in [5, 5.41) is 0. The minimum Gasteiger partial charge on any atom is -0.520 e. The Morgan fingerprint density at radius 2 is 1.85 bits per heavy atom. The van der Waals surface area contributed by atoms with Crippen LogP contribution in [0.3, 0.4) is 0 Å². The Kier molecular flexibility index (Phi) is 3.78. The van der Waals surface area contributed by atoms with Crippen LogP contribution in [0.4, 0.5) is 13.2 Å². The lowest BCUT2D eigenvalue weighted by Crippen LogP contribution is -2.46. The third-order valence-electron chi connectivity index (χ3n) is 2.69. The number of nitrogens with zero attached hydrogens (tertiary/aromatic N) is 1. The van der Waals surface area contributed by atoms with Crippen LogP contribution in [0.1, 0.15) is 5.56 Å². The van der Waals surface area contributed by atoms with Gasteiger partial charge in [0.05, 0.1) is 0 Å². The maximum atomic E-state index is 12.5. The van der Waals surface area contributed by atoms with E-state index in [4.69, 9.17) is 0 Å². The van der Waals surface area contributed by atoms with E-state index in [1.807, 2.05) is 0 Å². The molecule has 107 valence electrons. The molecule has 1 saturated heterocycles. The fourth-order valence-electron chi connectivity index (χ4n) is 1.71. The molecule has 2 rings (SSSR count). The predicted octanol–water partition coefficient (Wildman–Crippen LogP) is 0.840. The SMILES string of the molecule is O=C1O[B]N(S(=O)(=O)C(F)(F)F)[C@H]1Cc1ccccc1. The van der Waals surface area contributed by atoms with Crippen LogP contribution in [0.25, 0.3) is 0 Å². The van der Waals surface area contributed by atoms with Crippen molar-refractivity contribution in [2.75, 3.05) is 0 Å². The first-order valence-corrected chi connectivity index (χ1v) is 6.85. The highest BCUT2D eigenvalue weighted by molar-refractivity contribution is 7.91. The molecule has 0 N–H and O–H groups in total. The molecule has 1 aromatic rings. The van der Waals surface area contributed by atoms with Gasteiger partial charge >= 0.3 is 29.1 Å². The molecule has 0 aromatic heterocycles. The minimum atomic E-state index is -5.65. The maximum absolute atomic E-state index is 12.5. The van der Waals surface area contributed by atoms with Crippen molar-refractivity contribution in [2.24, 2.45) is 0 Å². The van der Waals surface area contributed by atoms with Gasteiger partial charge in [-0.25, -0.2) is 8.42 Å². The predicted molar refractivity (Wildman–Crippen MR) is 62.6 cm³/mol. The summed E-state index contributed by atoms with van der Waals surface area (Å²) in [6.07, 6.45) is -0.203. The Morgan fingerprint density at radius 3 is 2.40 bits per heavy atom. The Bertz CT molecular complexity index is 605. The van der Waals surface area contributed by atoms with Gasteiger partial charge in [-0.2, -0.15) is 17.4 Å². The molecule has 0 spiro atoms. The number of rotatable bonds is 3. The fraction of sp³-hybridized carbons (Fsp3) is 0.300. The van der Waals surface area contributed by atoms with Gasteiger partial charge in [0.1, 0.15) is 6.04 Å². The average Bonchev–Trinajstić information content (AvgIpc) is 2.71. The molecule has 0 aliphatic carbocycles. The zero-order chi connectivity index (χ0) is 15.0. The lowest BCUT2D eigenvalue weighted by molar-refractivity contribution is -0.134. The van der Waals surface area contributed by atoms with Crippen LogP contribution < -0.4 is 0 Å². The third-order valence-corrected chi connectivity index (χ3v) is 4.17. The Labute approximate surface area is 113 Å². The molecular weight excluding hydrogens is 298 g/mol. The largest absolute Gasteiger partial charge is 0.520 e. The number of hydrogen-bond acceptors (Lipinski definition) is 4. The number of alkyl halides is 3. The van der Waals surface area contributed by atoms with Crippen LogP contribution in [-0.4, -0.2) is 37.8 Å². The number of carbonyl (C=O) groups is 1. The van der Waals surface area contributed by atoms with Crippen molar-refractivity contribution < 1.29 is 31.0 Å². The van der Waals surface area contributed by atoms with E-state index < -0.39 is 27.5 Å². The van der Waals surface area contributed by atoms with Gasteiger partial charge in [-0.1, -0.05) is 30.3 Å². The van der Waals surface area contributed by atoms with Gasteiger partial charge in [0.15, 0.2) is 0 Å². The van der Waals surface area contributed by atoms with Crippen LogP contribution in [0.15, 0.2) is 30.3 Å². The van der Waals surface area contributed by atoms with Crippen molar-refractivity contribution in [3.05, 3.63) is 35.9 Å². The van der Waals surface area contributed by atoms with Crippen molar-refractivity contribution in [1.82, 2.24) is 4.22 Å². The van der Waals surface area contributed by atoms with E-state index in [0.29, 0.717) is 13.2 Å². The second-order valence-electron chi connectivity index (χ2n) is 4.03. The molecule has 1 heterocycles. The molecule has 0 unspecified atom stereocenters. The van der Waals surface area contributed by atoms with Gasteiger partial charge in [0, 0.05) is 0 Å². The van der Waals surface area contributed by atoms with Crippen molar-refractivity contribution >= 4 is 23.6 Å². The maximum Gasteiger partial charge on any atom is 0.510 e. The number of hydrogen-bond donors (Lipinski definition) is 0. The summed E-state index contributed by atoms with van der Waals surface area (Å²) in [5.74, 6) is -1.04. The van der Waals surface area contributed by atoms with Crippen LogP contribution in [0, 0.1) is 0 Å². The van der Waals surface area contributed by atoms with Gasteiger partial charge in [0.2, 0.25) is 0 Å². The molecule has 20 heavy (non-hydrogen) atoms. The van der Waals surface area contributed by atoms with Crippen molar-refractivity contribution in [2.45, 2.75) is 18.0 Å². The quantitative estimate of drug-likeness (QED) is 0.776. The standard InChI is InChI=1S/C10H8BF3NO4S/c12-10(13,14)20(17,18)15-8(9(16)19-11-15)6-7-4-2-1-3-5-7/h1-5,8H,6H2/t8-/m0/s1. The summed E-state index contributed by atoms with van der Waals surface area (Å²) in [5.41, 5.74) is -4.97. The van der Waals surface area contributed by atoms with Crippen LogP contribution >= 0.6 is 0 Å². The van der Waals surface area contributed by atoms with Crippen LogP contribution in [-0.2, 0) is 25.9 Å². The molecule has 1 aliphatic heterocycles. The summed E-state index contributed by atoms with van der Waals surface area (Å²) in [6, 6.07) is 6.54. The average molecular weight is 306 g/mol. The number of halogens is 3. The van der Waals surface area contributed by atoms with E-state index in [0.717, 1.165) is 0 Å². The number of sulfonamides is 1. The highest BCUT2D eigenvalue weighted by Crippen LogP contribution is 2.30. The topological polar surface area (TPSA) is 63.7 Å². The summed E-state index contributed by atoms with van der Waals surface area (Å²) in [7, 11) is -5.36. The lowest BCUT2D eigenvalue weighted by Gasteiger charge is -2.20. The van der Waals surface area contributed by atoms with Gasteiger partial charge in [-0.05, 0) is 12.0 Å². The molecule has 5 nitrogen and oxygen atoms in total. The number of carbonyl (C=O) groups excluding carboxylic acids is 1. The Hall–Kier alpha value is -1.55. The minimum absolute atomic E-state index is 0.0810. The van der Waals surface area contributed by atoms with Gasteiger partial charge in [-0.15, -0.1) is 0 Å². The third kappa shape index (κ3) is 2.66. The highest BCUT2D eigenvalue weighted by atomic mass is 32.2. The summed E-state index contributed by atoms with van der Waals surface area (Å²) < 4.78 is 64.4. The molecule has 1 radical (unpaired) electrons. The first-order chi connectivity index (χ1) is 9.23. The lowest BCUT2D eigenvalue weighted by atomic mass is 10.1. The van der Waals surface area contributed by atoms with E-state index in [2.05, 4.69) is 4.65 Å². The molecule has 0 saturated carbocycles. The molecule has 10 heteroatoms. The van der Waals surface area contributed by atoms with E-state index >= 15 is 0 Å². The monoisotopic (exact) mass is 306 g/mol. The molecule has 1 fully saturated rings. The van der Waals surface area contributed by atoms with E-state index in [-0.39, 0.29) is 10.6 Å². The second-order valence-corrected chi connectivity index (χ2v) is 5.86.